The van der Waals surface area contributed by atoms with E-state index in [9.17, 15) is 27.6 Å². The molecule has 1 aliphatic rings. The van der Waals surface area contributed by atoms with Crippen LogP contribution in [0.3, 0.4) is 0 Å². The van der Waals surface area contributed by atoms with Gasteiger partial charge in [0.15, 0.2) is 5.69 Å². The smallest absolute Gasteiger partial charge is 0.347 e. The van der Waals surface area contributed by atoms with Gasteiger partial charge in [0.1, 0.15) is 0 Å². The number of hydrogen-bond donors (Lipinski definition) is 2. The number of rotatable bonds is 11. The third-order valence-corrected chi connectivity index (χ3v) is 6.99. The summed E-state index contributed by atoms with van der Waals surface area (Å²) in [7, 11) is 0. The van der Waals surface area contributed by atoms with Gasteiger partial charge in [-0.1, -0.05) is 36.6 Å². The third kappa shape index (κ3) is 8.52. The minimum absolute atomic E-state index is 0.0550. The molecule has 2 N–H and O–H groups in total. The van der Waals surface area contributed by atoms with Crippen LogP contribution in [0.1, 0.15) is 73.0 Å². The number of aryl methyl sites for hydroxylation is 2. The van der Waals surface area contributed by atoms with Crippen LogP contribution in [0.15, 0.2) is 53.6 Å². The molecule has 1 aliphatic carbocycles. The molecule has 2 heterocycles. The Kier molecular flexibility index (Phi) is 9.73. The molecule has 4 rings (SSSR count). The van der Waals surface area contributed by atoms with Crippen LogP contribution in [0.2, 0.25) is 0 Å². The Balaban J connectivity index is 1.18. The molecule has 214 valence electrons. The molecule has 9 nitrogen and oxygen atoms in total. The molecule has 1 aromatic carbocycles. The number of nitrogens with one attached hydrogen (secondary N) is 2. The van der Waals surface area contributed by atoms with E-state index in [1.54, 1.807) is 16.8 Å². The molecule has 0 unspecified atom stereocenters. The number of carbonyl (C=O) groups is 2. The lowest BCUT2D eigenvalue weighted by Crippen LogP contribution is -2.23. The zero-order chi connectivity index (χ0) is 28.5. The molecule has 2 aromatic heterocycles. The predicted octanol–water partition coefficient (Wildman–Crippen LogP) is 4.78. The number of carbonyl (C=O) groups excluding carboxylic acids is 2. The molecule has 2 amide bonds. The van der Waals surface area contributed by atoms with Gasteiger partial charge in [-0.25, -0.2) is 0 Å². The van der Waals surface area contributed by atoms with E-state index in [-0.39, 0.29) is 23.7 Å². The number of unbranched alkanes of at least 4 members (excludes halogenated alkanes) is 1. The minimum atomic E-state index is -4.45. The summed E-state index contributed by atoms with van der Waals surface area (Å²) in [4.78, 5) is 37.1. The van der Waals surface area contributed by atoms with Crippen LogP contribution in [0.25, 0.3) is 0 Å². The van der Waals surface area contributed by atoms with Gasteiger partial charge in [0.25, 0.3) is 11.5 Å². The lowest BCUT2D eigenvalue weighted by Gasteiger charge is -2.20. The van der Waals surface area contributed by atoms with Crippen molar-refractivity contribution < 1.29 is 22.8 Å². The van der Waals surface area contributed by atoms with Gasteiger partial charge in [-0.2, -0.15) is 13.2 Å². The van der Waals surface area contributed by atoms with E-state index in [1.807, 2.05) is 0 Å². The van der Waals surface area contributed by atoms with Gasteiger partial charge < -0.3 is 15.2 Å². The normalized spacial score (nSPS) is 14.2. The molecule has 0 atom stereocenters. The number of alkyl halides is 3. The first-order chi connectivity index (χ1) is 19.2. The van der Waals surface area contributed by atoms with Crippen molar-refractivity contribution in [3.63, 3.8) is 0 Å². The molecule has 40 heavy (non-hydrogen) atoms. The van der Waals surface area contributed by atoms with E-state index < -0.39 is 17.6 Å². The quantitative estimate of drug-likeness (QED) is 0.329. The average Bonchev–Trinajstić information content (AvgIpc) is 3.40. The standard InChI is InChI=1S/C28H33F3N6O3/c29-28(30,31)22-10-6-9-21(15-22)18-32-27(40)24-19-37(35-34-24)13-5-4-12-36-14-11-23(17-26(36)39)33-25(38)16-20-7-2-1-3-8-20/h6,9-11,14-15,17,19-20H,1-5,7-8,12-13,16,18H2,(H,32,40)(H,33,38). The molecule has 0 saturated heterocycles. The van der Waals surface area contributed by atoms with Crippen molar-refractivity contribution in [2.24, 2.45) is 5.92 Å². The van der Waals surface area contributed by atoms with Crippen molar-refractivity contribution in [1.82, 2.24) is 24.9 Å². The highest BCUT2D eigenvalue weighted by Crippen LogP contribution is 2.29. The molecular formula is C28H33F3N6O3. The fourth-order valence-electron chi connectivity index (χ4n) is 4.83. The Morgan fingerprint density at radius 1 is 1.02 bits per heavy atom. The summed E-state index contributed by atoms with van der Waals surface area (Å²) in [5, 5.41) is 13.2. The SMILES string of the molecule is O=C(CC1CCCCC1)Nc1ccn(CCCCn2cc(C(=O)NCc3cccc(C(F)(F)F)c3)nn2)c(=O)c1. The Morgan fingerprint density at radius 2 is 1.80 bits per heavy atom. The van der Waals surface area contributed by atoms with Crippen LogP contribution >= 0.6 is 0 Å². The summed E-state index contributed by atoms with van der Waals surface area (Å²) < 4.78 is 41.7. The van der Waals surface area contributed by atoms with Crippen LogP contribution in [-0.2, 0) is 30.6 Å². The van der Waals surface area contributed by atoms with Crippen molar-refractivity contribution in [3.05, 3.63) is 76.0 Å². The Bertz CT molecular complexity index is 1360. The number of amides is 2. The van der Waals surface area contributed by atoms with Gasteiger partial charge in [-0.05, 0) is 55.4 Å². The maximum Gasteiger partial charge on any atom is 0.416 e. The second-order valence-corrected chi connectivity index (χ2v) is 10.2. The van der Waals surface area contributed by atoms with E-state index in [0.717, 1.165) is 25.0 Å². The number of anilines is 1. The van der Waals surface area contributed by atoms with Crippen LogP contribution < -0.4 is 16.2 Å². The van der Waals surface area contributed by atoms with E-state index in [0.29, 0.717) is 49.5 Å². The second kappa shape index (κ2) is 13.4. The molecular weight excluding hydrogens is 525 g/mol. The van der Waals surface area contributed by atoms with Gasteiger partial charge in [-0.3, -0.25) is 19.1 Å². The zero-order valence-electron chi connectivity index (χ0n) is 22.1. The van der Waals surface area contributed by atoms with Crippen LogP contribution in [0, 0.1) is 5.92 Å². The van der Waals surface area contributed by atoms with E-state index in [1.165, 1.54) is 48.3 Å². The summed E-state index contributed by atoms with van der Waals surface area (Å²) >= 11 is 0. The summed E-state index contributed by atoms with van der Waals surface area (Å²) in [6, 6.07) is 7.91. The average molecular weight is 559 g/mol. The minimum Gasteiger partial charge on any atom is -0.347 e. The van der Waals surface area contributed by atoms with Crippen LogP contribution in [0.5, 0.6) is 0 Å². The van der Waals surface area contributed by atoms with E-state index in [4.69, 9.17) is 0 Å². The van der Waals surface area contributed by atoms with Gasteiger partial charge in [0.05, 0.1) is 11.8 Å². The molecule has 12 heteroatoms. The summed E-state index contributed by atoms with van der Waals surface area (Å²) in [5.41, 5.74) is -0.0931. The fraction of sp³-hybridized carbons (Fsp3) is 0.464. The van der Waals surface area contributed by atoms with Gasteiger partial charge in [0, 0.05) is 44.0 Å². The van der Waals surface area contributed by atoms with Gasteiger partial charge in [0.2, 0.25) is 5.91 Å². The third-order valence-electron chi connectivity index (χ3n) is 6.99. The van der Waals surface area contributed by atoms with E-state index in [2.05, 4.69) is 20.9 Å². The topological polar surface area (TPSA) is 111 Å². The van der Waals surface area contributed by atoms with Crippen LogP contribution in [-0.4, -0.2) is 31.4 Å². The number of nitrogens with zero attached hydrogens (tertiary/aromatic N) is 4. The highest BCUT2D eigenvalue weighted by atomic mass is 19.4. The van der Waals surface area contributed by atoms with Crippen molar-refractivity contribution in [2.75, 3.05) is 5.32 Å². The fourth-order valence-corrected chi connectivity index (χ4v) is 4.83. The van der Waals surface area contributed by atoms with Crippen molar-refractivity contribution in [1.29, 1.82) is 0 Å². The number of aromatic nitrogens is 4. The molecule has 1 fully saturated rings. The first-order valence-corrected chi connectivity index (χ1v) is 13.5. The van der Waals surface area contributed by atoms with Gasteiger partial charge in [-0.15, -0.1) is 5.10 Å². The van der Waals surface area contributed by atoms with Crippen LogP contribution in [0.4, 0.5) is 18.9 Å². The maximum absolute atomic E-state index is 12.9. The first kappa shape index (κ1) is 29.0. The zero-order valence-corrected chi connectivity index (χ0v) is 22.1. The summed E-state index contributed by atoms with van der Waals surface area (Å²) in [5.74, 6) is -0.171. The monoisotopic (exact) mass is 558 g/mol. The molecule has 0 aliphatic heterocycles. The largest absolute Gasteiger partial charge is 0.416 e. The number of halogens is 3. The van der Waals surface area contributed by atoms with Gasteiger partial charge >= 0.3 is 6.18 Å². The number of hydrogen-bond acceptors (Lipinski definition) is 5. The Hall–Kier alpha value is -3.96. The Labute approximate surface area is 229 Å². The molecule has 1 saturated carbocycles. The van der Waals surface area contributed by atoms with Crippen molar-refractivity contribution in [3.8, 4) is 0 Å². The highest BCUT2D eigenvalue weighted by Gasteiger charge is 2.30. The molecule has 0 bridgehead atoms. The Morgan fingerprint density at radius 3 is 2.55 bits per heavy atom. The predicted molar refractivity (Wildman–Crippen MR) is 142 cm³/mol. The van der Waals surface area contributed by atoms with Crippen molar-refractivity contribution in [2.45, 2.75) is 77.2 Å². The van der Waals surface area contributed by atoms with Crippen molar-refractivity contribution >= 4 is 17.5 Å². The first-order valence-electron chi connectivity index (χ1n) is 13.5. The van der Waals surface area contributed by atoms with E-state index >= 15 is 0 Å². The second-order valence-electron chi connectivity index (χ2n) is 10.2. The molecule has 3 aromatic rings. The summed E-state index contributed by atoms with van der Waals surface area (Å²) in [6.45, 7) is 0.874. The summed E-state index contributed by atoms with van der Waals surface area (Å²) in [6.07, 6.45) is 6.27. The number of benzene rings is 1. The molecule has 0 spiro atoms. The highest BCUT2D eigenvalue weighted by molar-refractivity contribution is 5.91. The number of pyridine rings is 1. The molecule has 0 radical (unpaired) electrons. The lowest BCUT2D eigenvalue weighted by molar-refractivity contribution is -0.137. The maximum atomic E-state index is 12.9. The lowest BCUT2D eigenvalue weighted by atomic mass is 9.87.